The number of amides is 1. The summed E-state index contributed by atoms with van der Waals surface area (Å²) in [6, 6.07) is 6.80. The van der Waals surface area contributed by atoms with E-state index < -0.39 is 6.10 Å². The fraction of sp³-hybridized carbons (Fsp3) is 0.308. The molecule has 0 spiro atoms. The highest BCUT2D eigenvalue weighted by Crippen LogP contribution is 2.12. The predicted octanol–water partition coefficient (Wildman–Crippen LogP) is 1.36. The average Bonchev–Trinajstić information content (AvgIpc) is 2.34. The summed E-state index contributed by atoms with van der Waals surface area (Å²) < 4.78 is 5.30. The summed E-state index contributed by atoms with van der Waals surface area (Å²) in [5, 5.41) is 11.7. The molecule has 0 saturated carbocycles. The summed E-state index contributed by atoms with van der Waals surface area (Å²) in [6.07, 6.45) is 1.11. The molecule has 1 rings (SSSR count). The molecule has 0 unspecified atom stereocenters. The summed E-state index contributed by atoms with van der Waals surface area (Å²) in [5.74, 6) is 0.484. The van der Waals surface area contributed by atoms with E-state index in [0.29, 0.717) is 17.9 Å². The van der Waals surface area contributed by atoms with Crippen LogP contribution in [0.3, 0.4) is 0 Å². The van der Waals surface area contributed by atoms with E-state index in [0.717, 1.165) is 0 Å². The molecule has 0 saturated heterocycles. The minimum absolute atomic E-state index is 0.207. The molecule has 1 aromatic rings. The molecular weight excluding hydrogens is 218 g/mol. The third kappa shape index (κ3) is 4.70. The van der Waals surface area contributed by atoms with Gasteiger partial charge < -0.3 is 15.2 Å². The van der Waals surface area contributed by atoms with Crippen LogP contribution in [0, 0.1) is 0 Å². The van der Waals surface area contributed by atoms with Gasteiger partial charge in [-0.3, -0.25) is 4.79 Å². The van der Waals surface area contributed by atoms with Gasteiger partial charge in [0.15, 0.2) is 0 Å². The largest absolute Gasteiger partial charge is 0.490 e. The van der Waals surface area contributed by atoms with Crippen molar-refractivity contribution in [2.24, 2.45) is 0 Å². The molecule has 2 N–H and O–H groups in total. The van der Waals surface area contributed by atoms with Gasteiger partial charge in [0.05, 0.1) is 6.10 Å². The van der Waals surface area contributed by atoms with E-state index in [1.165, 1.54) is 0 Å². The maximum Gasteiger partial charge on any atom is 0.251 e. The van der Waals surface area contributed by atoms with Crippen molar-refractivity contribution in [2.75, 3.05) is 13.2 Å². The van der Waals surface area contributed by atoms with Crippen LogP contribution in [-0.4, -0.2) is 30.3 Å². The molecule has 0 fully saturated rings. The van der Waals surface area contributed by atoms with Gasteiger partial charge in [0.1, 0.15) is 12.4 Å². The number of ether oxygens (including phenoxy) is 1. The first-order chi connectivity index (χ1) is 8.13. The quantitative estimate of drug-likeness (QED) is 0.732. The number of aliphatic hydroxyl groups excluding tert-OH is 1. The Balaban J connectivity index is 2.54. The molecule has 0 heterocycles. The van der Waals surface area contributed by atoms with E-state index in [1.807, 2.05) is 0 Å². The molecule has 92 valence electrons. The molecule has 0 aliphatic carbocycles. The van der Waals surface area contributed by atoms with Gasteiger partial charge in [0.2, 0.25) is 0 Å². The van der Waals surface area contributed by atoms with E-state index in [-0.39, 0.29) is 12.5 Å². The van der Waals surface area contributed by atoms with Crippen LogP contribution in [0.15, 0.2) is 36.9 Å². The Kier molecular flexibility index (Phi) is 5.23. The summed E-state index contributed by atoms with van der Waals surface area (Å²) in [4.78, 5) is 11.6. The summed E-state index contributed by atoms with van der Waals surface area (Å²) in [5.41, 5.74) is 0.539. The second-order valence-corrected chi connectivity index (χ2v) is 3.68. The van der Waals surface area contributed by atoms with E-state index in [4.69, 9.17) is 9.84 Å². The average molecular weight is 235 g/mol. The second kappa shape index (κ2) is 6.70. The third-order valence-electron chi connectivity index (χ3n) is 2.04. The Hall–Kier alpha value is -1.81. The number of hydrogen-bond donors (Lipinski definition) is 2. The third-order valence-corrected chi connectivity index (χ3v) is 2.04. The molecule has 4 heteroatoms. The highest BCUT2D eigenvalue weighted by molar-refractivity contribution is 5.94. The zero-order chi connectivity index (χ0) is 12.7. The number of carbonyl (C=O) groups excluding carboxylic acids is 1. The Morgan fingerprint density at radius 1 is 1.53 bits per heavy atom. The van der Waals surface area contributed by atoms with Gasteiger partial charge in [0, 0.05) is 12.1 Å². The minimum Gasteiger partial charge on any atom is -0.490 e. The molecule has 4 nitrogen and oxygen atoms in total. The number of rotatable bonds is 6. The molecule has 0 aliphatic rings. The maximum absolute atomic E-state index is 11.6. The molecule has 1 amide bonds. The standard InChI is InChI=1S/C13H17NO3/c1-3-8-17-12-6-4-11(5-7-12)13(16)14-9-10(2)15/h3-7,10,15H,1,8-9H2,2H3,(H,14,16)/t10-/m0/s1. The van der Waals surface area contributed by atoms with Crippen LogP contribution in [0.2, 0.25) is 0 Å². The minimum atomic E-state index is -0.547. The number of carbonyl (C=O) groups is 1. The normalized spacial score (nSPS) is 11.6. The molecule has 17 heavy (non-hydrogen) atoms. The molecule has 0 radical (unpaired) electrons. The van der Waals surface area contributed by atoms with Gasteiger partial charge in [-0.15, -0.1) is 0 Å². The van der Waals surface area contributed by atoms with Gasteiger partial charge in [-0.1, -0.05) is 12.7 Å². The molecule has 1 aromatic carbocycles. The smallest absolute Gasteiger partial charge is 0.251 e. The molecule has 0 aromatic heterocycles. The molecule has 1 atom stereocenters. The van der Waals surface area contributed by atoms with Crippen LogP contribution in [0.5, 0.6) is 5.75 Å². The second-order valence-electron chi connectivity index (χ2n) is 3.68. The van der Waals surface area contributed by atoms with Crippen LogP contribution in [0.4, 0.5) is 0 Å². The van der Waals surface area contributed by atoms with Gasteiger partial charge in [-0.2, -0.15) is 0 Å². The van der Waals surface area contributed by atoms with Crippen molar-refractivity contribution in [1.82, 2.24) is 5.32 Å². The van der Waals surface area contributed by atoms with Gasteiger partial charge in [-0.25, -0.2) is 0 Å². The van der Waals surface area contributed by atoms with Crippen LogP contribution < -0.4 is 10.1 Å². The maximum atomic E-state index is 11.6. The first-order valence-corrected chi connectivity index (χ1v) is 5.43. The van der Waals surface area contributed by atoms with Crippen molar-refractivity contribution in [3.8, 4) is 5.75 Å². The molecule has 0 bridgehead atoms. The Morgan fingerprint density at radius 2 is 2.18 bits per heavy atom. The Bertz CT molecular complexity index is 371. The number of hydrogen-bond acceptors (Lipinski definition) is 3. The molecule has 0 aliphatic heterocycles. The fourth-order valence-corrected chi connectivity index (χ4v) is 1.20. The van der Waals surface area contributed by atoms with E-state index in [9.17, 15) is 4.79 Å². The highest BCUT2D eigenvalue weighted by atomic mass is 16.5. The van der Waals surface area contributed by atoms with Crippen LogP contribution in [0.1, 0.15) is 17.3 Å². The van der Waals surface area contributed by atoms with Crippen LogP contribution in [0.25, 0.3) is 0 Å². The van der Waals surface area contributed by atoms with Crippen molar-refractivity contribution in [3.05, 3.63) is 42.5 Å². The van der Waals surface area contributed by atoms with Crippen molar-refractivity contribution >= 4 is 5.91 Å². The lowest BCUT2D eigenvalue weighted by Gasteiger charge is -2.08. The van der Waals surface area contributed by atoms with Gasteiger partial charge >= 0.3 is 0 Å². The van der Waals surface area contributed by atoms with E-state index >= 15 is 0 Å². The van der Waals surface area contributed by atoms with Crippen molar-refractivity contribution in [2.45, 2.75) is 13.0 Å². The SMILES string of the molecule is C=CCOc1ccc(C(=O)NC[C@H](C)O)cc1. The highest BCUT2D eigenvalue weighted by Gasteiger charge is 2.06. The van der Waals surface area contributed by atoms with Crippen LogP contribution in [-0.2, 0) is 0 Å². The topological polar surface area (TPSA) is 58.6 Å². The lowest BCUT2D eigenvalue weighted by molar-refractivity contribution is 0.0924. The zero-order valence-electron chi connectivity index (χ0n) is 9.85. The van der Waals surface area contributed by atoms with E-state index in [2.05, 4.69) is 11.9 Å². The van der Waals surface area contributed by atoms with Crippen molar-refractivity contribution in [3.63, 3.8) is 0 Å². The predicted molar refractivity (Wildman–Crippen MR) is 66.1 cm³/mol. The van der Waals surface area contributed by atoms with Gasteiger partial charge in [-0.05, 0) is 31.2 Å². The lowest BCUT2D eigenvalue weighted by atomic mass is 10.2. The number of nitrogens with one attached hydrogen (secondary N) is 1. The first-order valence-electron chi connectivity index (χ1n) is 5.43. The lowest BCUT2D eigenvalue weighted by Crippen LogP contribution is -2.30. The van der Waals surface area contributed by atoms with Crippen molar-refractivity contribution in [1.29, 1.82) is 0 Å². The summed E-state index contributed by atoms with van der Waals surface area (Å²) in [6.45, 7) is 5.85. The summed E-state index contributed by atoms with van der Waals surface area (Å²) >= 11 is 0. The molecular formula is C13H17NO3. The van der Waals surface area contributed by atoms with Crippen molar-refractivity contribution < 1.29 is 14.6 Å². The monoisotopic (exact) mass is 235 g/mol. The summed E-state index contributed by atoms with van der Waals surface area (Å²) in [7, 11) is 0. The fourth-order valence-electron chi connectivity index (χ4n) is 1.20. The van der Waals surface area contributed by atoms with E-state index in [1.54, 1.807) is 37.3 Å². The zero-order valence-corrected chi connectivity index (χ0v) is 9.85. The Labute approximate surface area is 101 Å². The first kappa shape index (κ1) is 13.3. The van der Waals surface area contributed by atoms with Crippen LogP contribution >= 0.6 is 0 Å². The van der Waals surface area contributed by atoms with Gasteiger partial charge in [0.25, 0.3) is 5.91 Å². The number of benzene rings is 1. The Morgan fingerprint density at radius 3 is 2.71 bits per heavy atom. The number of aliphatic hydroxyl groups is 1.